The van der Waals surface area contributed by atoms with E-state index in [1.54, 1.807) is 6.92 Å². The van der Waals surface area contributed by atoms with Crippen molar-refractivity contribution in [2.24, 2.45) is 5.92 Å². The second-order valence-electron chi connectivity index (χ2n) is 5.40. The van der Waals surface area contributed by atoms with Gasteiger partial charge in [0.1, 0.15) is 6.33 Å². The summed E-state index contributed by atoms with van der Waals surface area (Å²) < 4.78 is 65.4. The zero-order valence-corrected chi connectivity index (χ0v) is 12.8. The lowest BCUT2D eigenvalue weighted by atomic mass is 10.0. The molecule has 0 bridgehead atoms. The quantitative estimate of drug-likeness (QED) is 0.746. The van der Waals surface area contributed by atoms with Crippen molar-refractivity contribution in [1.29, 1.82) is 0 Å². The molecule has 1 aromatic carbocycles. The molecule has 9 heteroatoms. The van der Waals surface area contributed by atoms with E-state index in [-0.39, 0.29) is 13.0 Å². The van der Waals surface area contributed by atoms with Crippen LogP contribution in [-0.4, -0.2) is 20.8 Å². The first kappa shape index (κ1) is 18.2. The first-order valence-corrected chi connectivity index (χ1v) is 7.32. The number of benzene rings is 1. The fourth-order valence-corrected chi connectivity index (χ4v) is 2.37. The maximum absolute atomic E-state index is 12.6. The summed E-state index contributed by atoms with van der Waals surface area (Å²) in [5.74, 6) is -0.437. The second-order valence-corrected chi connectivity index (χ2v) is 5.40. The predicted molar refractivity (Wildman–Crippen MR) is 77.2 cm³/mol. The fourth-order valence-electron chi connectivity index (χ4n) is 2.37. The van der Waals surface area contributed by atoms with E-state index in [1.807, 2.05) is 0 Å². The molecule has 2 aromatic rings. The van der Waals surface area contributed by atoms with Crippen LogP contribution in [-0.2, 0) is 12.7 Å². The molecule has 0 N–H and O–H groups in total. The van der Waals surface area contributed by atoms with Gasteiger partial charge in [-0.2, -0.15) is 18.2 Å². The van der Waals surface area contributed by atoms with Crippen LogP contribution < -0.4 is 5.69 Å². The molecule has 0 amide bonds. The SMILES string of the molecule is CCC(CC(F)F)Cn1c(=O)ncn1-c1ccc(C(F)(F)F)cc1. The molecule has 4 nitrogen and oxygen atoms in total. The standard InChI is InChI=1S/C15H16F5N3O/c1-2-10(7-13(16)17)8-22-14(24)21-9-23(22)12-5-3-11(4-6-12)15(18,19)20/h3-6,9-10,13H,2,7-8H2,1H3. The summed E-state index contributed by atoms with van der Waals surface area (Å²) in [7, 11) is 0. The first-order valence-electron chi connectivity index (χ1n) is 7.32. The highest BCUT2D eigenvalue weighted by Gasteiger charge is 2.30. The molecular formula is C15H16F5N3O. The molecular weight excluding hydrogens is 333 g/mol. The summed E-state index contributed by atoms with van der Waals surface area (Å²) >= 11 is 0. The van der Waals surface area contributed by atoms with Crippen molar-refractivity contribution in [2.75, 3.05) is 0 Å². The minimum absolute atomic E-state index is 0.0146. The Bertz CT molecular complexity index is 718. The zero-order chi connectivity index (χ0) is 17.9. The molecule has 2 rings (SSSR count). The third-order valence-electron chi connectivity index (χ3n) is 3.74. The van der Waals surface area contributed by atoms with E-state index >= 15 is 0 Å². The van der Waals surface area contributed by atoms with Crippen LogP contribution in [0.5, 0.6) is 0 Å². The topological polar surface area (TPSA) is 39.8 Å². The Balaban J connectivity index is 2.31. The summed E-state index contributed by atoms with van der Waals surface area (Å²) in [6.07, 6.45) is -5.71. The van der Waals surface area contributed by atoms with Crippen molar-refractivity contribution >= 4 is 0 Å². The van der Waals surface area contributed by atoms with E-state index in [2.05, 4.69) is 4.98 Å². The number of rotatable bonds is 6. The monoisotopic (exact) mass is 349 g/mol. The number of alkyl halides is 5. The highest BCUT2D eigenvalue weighted by atomic mass is 19.4. The molecule has 1 atom stereocenters. The molecule has 24 heavy (non-hydrogen) atoms. The van der Waals surface area contributed by atoms with E-state index in [4.69, 9.17) is 0 Å². The Morgan fingerprint density at radius 1 is 1.17 bits per heavy atom. The van der Waals surface area contributed by atoms with E-state index < -0.39 is 29.8 Å². The lowest BCUT2D eigenvalue weighted by molar-refractivity contribution is -0.137. The largest absolute Gasteiger partial charge is 0.416 e. The van der Waals surface area contributed by atoms with Crippen molar-refractivity contribution in [3.8, 4) is 5.69 Å². The molecule has 1 unspecified atom stereocenters. The van der Waals surface area contributed by atoms with Gasteiger partial charge in [0, 0.05) is 13.0 Å². The van der Waals surface area contributed by atoms with Crippen LogP contribution in [0, 0.1) is 5.92 Å². The van der Waals surface area contributed by atoms with Crippen LogP contribution in [0.4, 0.5) is 22.0 Å². The maximum atomic E-state index is 12.6. The third-order valence-corrected chi connectivity index (χ3v) is 3.74. The third kappa shape index (κ3) is 4.21. The summed E-state index contributed by atoms with van der Waals surface area (Å²) in [6, 6.07) is 4.18. The Kier molecular flexibility index (Phi) is 5.40. The predicted octanol–water partition coefficient (Wildman–Crippen LogP) is 3.73. The summed E-state index contributed by atoms with van der Waals surface area (Å²) in [5, 5.41) is 0. The van der Waals surface area contributed by atoms with Crippen molar-refractivity contribution < 1.29 is 22.0 Å². The van der Waals surface area contributed by atoms with Crippen molar-refractivity contribution in [3.05, 3.63) is 46.6 Å². The average Bonchev–Trinajstić information content (AvgIpc) is 2.86. The van der Waals surface area contributed by atoms with E-state index in [0.717, 1.165) is 16.8 Å². The van der Waals surface area contributed by atoms with Crippen LogP contribution >= 0.6 is 0 Å². The van der Waals surface area contributed by atoms with Gasteiger partial charge in [0.15, 0.2) is 0 Å². The van der Waals surface area contributed by atoms with Crippen LogP contribution in [0.25, 0.3) is 5.69 Å². The number of aromatic nitrogens is 3. The molecule has 0 aliphatic carbocycles. The minimum atomic E-state index is -4.46. The van der Waals surface area contributed by atoms with Crippen LogP contribution in [0.2, 0.25) is 0 Å². The van der Waals surface area contributed by atoms with Crippen molar-refractivity contribution in [2.45, 2.75) is 38.9 Å². The minimum Gasteiger partial charge on any atom is -0.244 e. The molecule has 1 heterocycles. The molecule has 0 spiro atoms. The van der Waals surface area contributed by atoms with E-state index in [9.17, 15) is 26.7 Å². The van der Waals surface area contributed by atoms with Crippen LogP contribution in [0.15, 0.2) is 35.4 Å². The lowest BCUT2D eigenvalue weighted by Crippen LogP contribution is -2.27. The summed E-state index contributed by atoms with van der Waals surface area (Å²) in [5.41, 5.74) is -1.16. The van der Waals surface area contributed by atoms with Crippen LogP contribution in [0.3, 0.4) is 0 Å². The second kappa shape index (κ2) is 7.14. The molecule has 0 fully saturated rings. The zero-order valence-electron chi connectivity index (χ0n) is 12.8. The van der Waals surface area contributed by atoms with Gasteiger partial charge in [0.05, 0.1) is 11.3 Å². The molecule has 0 saturated carbocycles. The molecule has 0 radical (unpaired) electrons. The van der Waals surface area contributed by atoms with Gasteiger partial charge >= 0.3 is 11.9 Å². The van der Waals surface area contributed by atoms with Gasteiger partial charge < -0.3 is 0 Å². The Morgan fingerprint density at radius 3 is 2.29 bits per heavy atom. The lowest BCUT2D eigenvalue weighted by Gasteiger charge is -2.17. The molecule has 0 aliphatic rings. The Hall–Kier alpha value is -2.19. The van der Waals surface area contributed by atoms with E-state index in [1.165, 1.54) is 23.1 Å². The van der Waals surface area contributed by atoms with Gasteiger partial charge in [-0.3, -0.25) is 0 Å². The van der Waals surface area contributed by atoms with Gasteiger partial charge in [-0.25, -0.2) is 22.9 Å². The molecule has 1 aromatic heterocycles. The van der Waals surface area contributed by atoms with Gasteiger partial charge in [0.25, 0.3) is 0 Å². The average molecular weight is 349 g/mol. The normalized spacial score (nSPS) is 13.5. The van der Waals surface area contributed by atoms with E-state index in [0.29, 0.717) is 12.1 Å². The Labute approximate surface area is 134 Å². The summed E-state index contributed by atoms with van der Waals surface area (Å²) in [4.78, 5) is 15.4. The maximum Gasteiger partial charge on any atom is 0.416 e. The van der Waals surface area contributed by atoms with Crippen molar-refractivity contribution in [1.82, 2.24) is 14.3 Å². The first-order chi connectivity index (χ1) is 11.2. The number of nitrogens with zero attached hydrogens (tertiary/aromatic N) is 3. The number of hydrogen-bond acceptors (Lipinski definition) is 2. The smallest absolute Gasteiger partial charge is 0.244 e. The molecule has 0 aliphatic heterocycles. The van der Waals surface area contributed by atoms with Gasteiger partial charge in [0.2, 0.25) is 6.43 Å². The number of hydrogen-bond donors (Lipinski definition) is 0. The fraction of sp³-hybridized carbons (Fsp3) is 0.467. The molecule has 0 saturated heterocycles. The Morgan fingerprint density at radius 2 is 1.79 bits per heavy atom. The summed E-state index contributed by atoms with van der Waals surface area (Å²) in [6.45, 7) is 1.75. The van der Waals surface area contributed by atoms with Crippen molar-refractivity contribution in [3.63, 3.8) is 0 Å². The van der Waals surface area contributed by atoms with Gasteiger partial charge in [-0.05, 0) is 30.2 Å². The number of halogens is 5. The highest BCUT2D eigenvalue weighted by molar-refractivity contribution is 5.34. The van der Waals surface area contributed by atoms with Crippen LogP contribution in [0.1, 0.15) is 25.3 Å². The van der Waals surface area contributed by atoms with Gasteiger partial charge in [-0.15, -0.1) is 0 Å². The van der Waals surface area contributed by atoms with Gasteiger partial charge in [-0.1, -0.05) is 13.3 Å². The molecule has 132 valence electrons. The highest BCUT2D eigenvalue weighted by Crippen LogP contribution is 2.29.